The molecule has 0 saturated carbocycles. The standard InChI is InChI=1S/C20H22N4O5S/c25-16(4-6-17(26)18-2-1-13-30-18)5-8-20(27)23-11-9-22(10-12-23)19-7-3-15(14-21-19)24(28)29/h1-3,7,13-14H,4-6,8-12H2. The first-order valence-electron chi connectivity index (χ1n) is 9.65. The number of piperazine rings is 1. The number of nitrogens with zero attached hydrogens (tertiary/aromatic N) is 4. The largest absolute Gasteiger partial charge is 0.353 e. The van der Waals surface area contributed by atoms with E-state index in [1.807, 2.05) is 10.3 Å². The Morgan fingerprint density at radius 2 is 1.77 bits per heavy atom. The van der Waals surface area contributed by atoms with E-state index in [4.69, 9.17) is 0 Å². The Kier molecular flexibility index (Phi) is 7.23. The third-order valence-electron chi connectivity index (χ3n) is 4.94. The molecule has 0 aliphatic carbocycles. The van der Waals surface area contributed by atoms with E-state index in [9.17, 15) is 24.5 Å². The van der Waals surface area contributed by atoms with E-state index in [0.717, 1.165) is 0 Å². The molecule has 3 heterocycles. The normalized spacial score (nSPS) is 13.9. The average molecular weight is 430 g/mol. The van der Waals surface area contributed by atoms with Gasteiger partial charge in [-0.15, -0.1) is 11.3 Å². The van der Waals surface area contributed by atoms with Crippen molar-refractivity contribution in [2.24, 2.45) is 0 Å². The molecule has 0 aromatic carbocycles. The van der Waals surface area contributed by atoms with Crippen LogP contribution in [0.1, 0.15) is 35.4 Å². The first-order valence-corrected chi connectivity index (χ1v) is 10.5. The summed E-state index contributed by atoms with van der Waals surface area (Å²) in [6.07, 6.45) is 1.84. The second-order valence-corrected chi connectivity index (χ2v) is 7.89. The van der Waals surface area contributed by atoms with Crippen LogP contribution in [0.3, 0.4) is 0 Å². The highest BCUT2D eigenvalue weighted by Crippen LogP contribution is 2.18. The molecule has 0 bridgehead atoms. The second-order valence-electron chi connectivity index (χ2n) is 6.94. The van der Waals surface area contributed by atoms with Gasteiger partial charge in [-0.3, -0.25) is 24.5 Å². The summed E-state index contributed by atoms with van der Waals surface area (Å²) in [4.78, 5) is 55.0. The SMILES string of the molecule is O=C(CCC(=O)c1cccs1)CCC(=O)N1CCN(c2ccc([N+](=O)[O-])cn2)CC1. The molecule has 0 unspecified atom stereocenters. The lowest BCUT2D eigenvalue weighted by Gasteiger charge is -2.35. The van der Waals surface area contributed by atoms with Gasteiger partial charge in [0.05, 0.1) is 9.80 Å². The number of hydrogen-bond donors (Lipinski definition) is 0. The minimum atomic E-state index is -0.493. The van der Waals surface area contributed by atoms with Gasteiger partial charge in [0.15, 0.2) is 5.78 Å². The number of thiophene rings is 1. The molecule has 9 nitrogen and oxygen atoms in total. The van der Waals surface area contributed by atoms with Crippen LogP contribution in [0.5, 0.6) is 0 Å². The van der Waals surface area contributed by atoms with E-state index in [0.29, 0.717) is 36.9 Å². The minimum absolute atomic E-state index is 0.0411. The Balaban J connectivity index is 1.38. The Morgan fingerprint density at radius 3 is 2.37 bits per heavy atom. The summed E-state index contributed by atoms with van der Waals surface area (Å²) in [6.45, 7) is 2.14. The molecule has 0 spiro atoms. The topological polar surface area (TPSA) is 114 Å². The Hall–Kier alpha value is -3.14. The number of Topliss-reactive ketones (excluding diaryl/α,β-unsaturated/α-hetero) is 2. The van der Waals surface area contributed by atoms with Crippen molar-refractivity contribution in [3.63, 3.8) is 0 Å². The molecule has 10 heteroatoms. The molecule has 0 radical (unpaired) electrons. The van der Waals surface area contributed by atoms with Crippen LogP contribution >= 0.6 is 11.3 Å². The van der Waals surface area contributed by atoms with E-state index in [2.05, 4.69) is 4.98 Å². The summed E-state index contributed by atoms with van der Waals surface area (Å²) < 4.78 is 0. The molecular formula is C20H22N4O5S. The lowest BCUT2D eigenvalue weighted by Crippen LogP contribution is -2.49. The summed E-state index contributed by atoms with van der Waals surface area (Å²) in [7, 11) is 0. The molecule has 1 aliphatic heterocycles. The summed E-state index contributed by atoms with van der Waals surface area (Å²) in [5.74, 6) is 0.435. The van der Waals surface area contributed by atoms with Gasteiger partial charge in [-0.05, 0) is 17.5 Å². The van der Waals surface area contributed by atoms with Crippen molar-refractivity contribution in [2.45, 2.75) is 25.7 Å². The number of pyridine rings is 1. The van der Waals surface area contributed by atoms with Crippen molar-refractivity contribution >= 4 is 40.3 Å². The van der Waals surface area contributed by atoms with Crippen LogP contribution in [0.4, 0.5) is 11.5 Å². The van der Waals surface area contributed by atoms with Gasteiger partial charge in [-0.2, -0.15) is 0 Å². The molecule has 1 saturated heterocycles. The zero-order chi connectivity index (χ0) is 21.5. The lowest BCUT2D eigenvalue weighted by molar-refractivity contribution is -0.385. The zero-order valence-electron chi connectivity index (χ0n) is 16.4. The Labute approximate surface area is 177 Å². The number of aromatic nitrogens is 1. The third-order valence-corrected chi connectivity index (χ3v) is 5.85. The average Bonchev–Trinajstić information content (AvgIpc) is 3.31. The number of ketones is 2. The van der Waals surface area contributed by atoms with Crippen LogP contribution < -0.4 is 4.90 Å². The van der Waals surface area contributed by atoms with Gasteiger partial charge < -0.3 is 9.80 Å². The third kappa shape index (κ3) is 5.69. The number of anilines is 1. The van der Waals surface area contributed by atoms with Gasteiger partial charge in [-0.1, -0.05) is 6.07 Å². The molecule has 0 N–H and O–H groups in total. The summed E-state index contributed by atoms with van der Waals surface area (Å²) in [5.41, 5.74) is -0.0608. The van der Waals surface area contributed by atoms with E-state index in [-0.39, 0.29) is 48.8 Å². The fourth-order valence-electron chi connectivity index (χ4n) is 3.20. The quantitative estimate of drug-likeness (QED) is 0.341. The van der Waals surface area contributed by atoms with Crippen LogP contribution in [0.15, 0.2) is 35.8 Å². The first-order chi connectivity index (χ1) is 14.4. The molecule has 2 aromatic rings. The highest BCUT2D eigenvalue weighted by Gasteiger charge is 2.23. The maximum atomic E-state index is 12.4. The number of carbonyl (C=O) groups is 3. The van der Waals surface area contributed by atoms with Crippen LogP contribution in [0, 0.1) is 10.1 Å². The van der Waals surface area contributed by atoms with E-state index >= 15 is 0 Å². The van der Waals surface area contributed by atoms with E-state index in [1.165, 1.54) is 23.6 Å². The predicted octanol–water partition coefficient (Wildman–Crippen LogP) is 2.71. The molecule has 1 amide bonds. The van der Waals surface area contributed by atoms with Crippen molar-refractivity contribution in [3.8, 4) is 0 Å². The molecule has 2 aromatic heterocycles. The maximum absolute atomic E-state index is 12.4. The van der Waals surface area contributed by atoms with E-state index < -0.39 is 4.92 Å². The molecular weight excluding hydrogens is 408 g/mol. The summed E-state index contributed by atoms with van der Waals surface area (Å²) in [5, 5.41) is 12.5. The fourth-order valence-corrected chi connectivity index (χ4v) is 3.90. The molecule has 0 atom stereocenters. The monoisotopic (exact) mass is 430 g/mol. The van der Waals surface area contributed by atoms with Crippen molar-refractivity contribution in [1.29, 1.82) is 0 Å². The zero-order valence-corrected chi connectivity index (χ0v) is 17.2. The van der Waals surface area contributed by atoms with Gasteiger partial charge in [-0.25, -0.2) is 4.98 Å². The van der Waals surface area contributed by atoms with Crippen molar-refractivity contribution < 1.29 is 19.3 Å². The molecule has 158 valence electrons. The highest BCUT2D eigenvalue weighted by atomic mass is 32.1. The molecule has 3 rings (SSSR count). The van der Waals surface area contributed by atoms with Gasteiger partial charge in [0.2, 0.25) is 5.91 Å². The molecule has 30 heavy (non-hydrogen) atoms. The van der Waals surface area contributed by atoms with Gasteiger partial charge in [0.1, 0.15) is 17.8 Å². The first kappa shape index (κ1) is 21.6. The highest BCUT2D eigenvalue weighted by molar-refractivity contribution is 7.12. The van der Waals surface area contributed by atoms with Crippen molar-refractivity contribution in [3.05, 3.63) is 50.8 Å². The number of rotatable bonds is 9. The number of amides is 1. The molecule has 1 aliphatic rings. The van der Waals surface area contributed by atoms with Crippen molar-refractivity contribution in [1.82, 2.24) is 9.88 Å². The summed E-state index contributed by atoms with van der Waals surface area (Å²) in [6, 6.07) is 6.56. The van der Waals surface area contributed by atoms with Crippen LogP contribution in [0.2, 0.25) is 0 Å². The maximum Gasteiger partial charge on any atom is 0.287 e. The molecule has 1 fully saturated rings. The smallest absolute Gasteiger partial charge is 0.287 e. The predicted molar refractivity (Wildman–Crippen MR) is 112 cm³/mol. The van der Waals surface area contributed by atoms with Crippen LogP contribution in [0.25, 0.3) is 0 Å². The Bertz CT molecular complexity index is 906. The number of nitro groups is 1. The fraction of sp³-hybridized carbons (Fsp3) is 0.400. The number of carbonyl (C=O) groups excluding carboxylic acids is 3. The van der Waals surface area contributed by atoms with Gasteiger partial charge in [0, 0.05) is 57.9 Å². The van der Waals surface area contributed by atoms with Gasteiger partial charge in [0.25, 0.3) is 5.69 Å². The van der Waals surface area contributed by atoms with Crippen molar-refractivity contribution in [2.75, 3.05) is 31.1 Å². The van der Waals surface area contributed by atoms with Gasteiger partial charge >= 0.3 is 0 Å². The lowest BCUT2D eigenvalue weighted by atomic mass is 10.1. The number of hydrogen-bond acceptors (Lipinski definition) is 8. The Morgan fingerprint density at radius 1 is 1.03 bits per heavy atom. The summed E-state index contributed by atoms with van der Waals surface area (Å²) >= 11 is 1.36. The minimum Gasteiger partial charge on any atom is -0.353 e. The van der Waals surface area contributed by atoms with E-state index in [1.54, 1.807) is 23.1 Å². The van der Waals surface area contributed by atoms with Crippen LogP contribution in [-0.2, 0) is 9.59 Å². The second kappa shape index (κ2) is 10.1. The van der Waals surface area contributed by atoms with Crippen LogP contribution in [-0.4, -0.2) is 58.5 Å².